The molecule has 0 saturated heterocycles. The first kappa shape index (κ1) is 14.1. The van der Waals surface area contributed by atoms with E-state index >= 15 is 0 Å². The lowest BCUT2D eigenvalue weighted by Gasteiger charge is -2.33. The quantitative estimate of drug-likeness (QED) is 0.559. The van der Waals surface area contributed by atoms with E-state index in [0.717, 1.165) is 36.2 Å². The largest absolute Gasteiger partial charge is 0.136 e. The third kappa shape index (κ3) is 3.67. The highest BCUT2D eigenvalue weighted by molar-refractivity contribution is 6.57. The van der Waals surface area contributed by atoms with Crippen molar-refractivity contribution in [3.63, 3.8) is 0 Å². The predicted octanol–water partition coefficient (Wildman–Crippen LogP) is 4.70. The zero-order valence-corrected chi connectivity index (χ0v) is 11.5. The van der Waals surface area contributed by atoms with E-state index in [1.165, 1.54) is 0 Å². The van der Waals surface area contributed by atoms with Crippen LogP contribution in [-0.2, 0) is 0 Å². The summed E-state index contributed by atoms with van der Waals surface area (Å²) in [6.07, 6.45) is 0. The number of rotatable bonds is 5. The van der Waals surface area contributed by atoms with Crippen LogP contribution in [0.1, 0.15) is 41.5 Å². The van der Waals surface area contributed by atoms with E-state index in [0.29, 0.717) is 0 Å². The standard InChI is InChI=1S/C13H29B/c1-9(2)10(3)11(4)12(5)13(6)14(7)8/h9-13H,1-8H3. The molecule has 1 heteroatoms. The molecule has 0 amide bonds. The lowest BCUT2D eigenvalue weighted by molar-refractivity contribution is 0.218. The van der Waals surface area contributed by atoms with Crippen LogP contribution in [0, 0.1) is 23.7 Å². The van der Waals surface area contributed by atoms with Gasteiger partial charge in [-0.05, 0) is 23.7 Å². The lowest BCUT2D eigenvalue weighted by Crippen LogP contribution is -2.27. The van der Waals surface area contributed by atoms with Gasteiger partial charge in [0, 0.05) is 0 Å². The van der Waals surface area contributed by atoms with Crippen LogP contribution in [0.3, 0.4) is 0 Å². The van der Waals surface area contributed by atoms with Crippen LogP contribution in [0.2, 0.25) is 19.5 Å². The maximum Gasteiger partial charge on any atom is 0.136 e. The average molecular weight is 196 g/mol. The Labute approximate surface area is 91.9 Å². The Balaban J connectivity index is 4.30. The van der Waals surface area contributed by atoms with Crippen LogP contribution in [-0.4, -0.2) is 6.71 Å². The minimum atomic E-state index is 0.812. The first-order valence-electron chi connectivity index (χ1n) is 6.29. The topological polar surface area (TPSA) is 0 Å². The molecule has 0 aliphatic carbocycles. The summed E-state index contributed by atoms with van der Waals surface area (Å²) in [6.45, 7) is 19.8. The molecule has 0 aliphatic rings. The van der Waals surface area contributed by atoms with E-state index in [1.807, 2.05) is 0 Å². The molecule has 0 N–H and O–H groups in total. The summed E-state index contributed by atoms with van der Waals surface area (Å²) in [5, 5.41) is 0. The maximum absolute atomic E-state index is 2.42. The molecule has 0 rings (SSSR count). The maximum atomic E-state index is 2.42. The van der Waals surface area contributed by atoms with Crippen molar-refractivity contribution in [2.24, 2.45) is 23.7 Å². The molecule has 84 valence electrons. The van der Waals surface area contributed by atoms with Crippen molar-refractivity contribution < 1.29 is 0 Å². The van der Waals surface area contributed by atoms with Crippen molar-refractivity contribution in [1.82, 2.24) is 0 Å². The van der Waals surface area contributed by atoms with Crippen molar-refractivity contribution >= 4 is 6.71 Å². The van der Waals surface area contributed by atoms with Crippen molar-refractivity contribution in [2.45, 2.75) is 61.0 Å². The summed E-state index contributed by atoms with van der Waals surface area (Å²) < 4.78 is 0. The highest BCUT2D eigenvalue weighted by Crippen LogP contribution is 2.34. The molecule has 0 aliphatic heterocycles. The van der Waals surface area contributed by atoms with E-state index in [4.69, 9.17) is 0 Å². The van der Waals surface area contributed by atoms with Crippen molar-refractivity contribution in [3.8, 4) is 0 Å². The molecule has 0 spiro atoms. The summed E-state index contributed by atoms with van der Waals surface area (Å²) >= 11 is 0. The molecule has 0 aromatic rings. The second kappa shape index (κ2) is 5.83. The SMILES string of the molecule is CB(C)C(C)C(C)C(C)C(C)C(C)C. The van der Waals surface area contributed by atoms with Crippen LogP contribution in [0.15, 0.2) is 0 Å². The van der Waals surface area contributed by atoms with E-state index in [9.17, 15) is 0 Å². The lowest BCUT2D eigenvalue weighted by atomic mass is 9.41. The molecular weight excluding hydrogens is 167 g/mol. The van der Waals surface area contributed by atoms with Gasteiger partial charge in [0.05, 0.1) is 0 Å². The summed E-state index contributed by atoms with van der Waals surface area (Å²) in [6, 6.07) is 0. The van der Waals surface area contributed by atoms with Crippen LogP contribution >= 0.6 is 0 Å². The Bertz CT molecular complexity index is 133. The first-order valence-corrected chi connectivity index (χ1v) is 6.29. The molecule has 0 heterocycles. The highest BCUT2D eigenvalue weighted by atomic mass is 14.3. The Morgan fingerprint density at radius 1 is 0.643 bits per heavy atom. The van der Waals surface area contributed by atoms with Gasteiger partial charge in [0.1, 0.15) is 6.71 Å². The molecule has 0 nitrogen and oxygen atoms in total. The van der Waals surface area contributed by atoms with Crippen LogP contribution in [0.25, 0.3) is 0 Å². The Morgan fingerprint density at radius 2 is 1.07 bits per heavy atom. The third-order valence-corrected chi connectivity index (χ3v) is 4.59. The van der Waals surface area contributed by atoms with Gasteiger partial charge >= 0.3 is 0 Å². The van der Waals surface area contributed by atoms with Gasteiger partial charge in [0.15, 0.2) is 0 Å². The molecule has 0 bridgehead atoms. The summed E-state index contributed by atoms with van der Waals surface area (Å²) in [7, 11) is 0. The van der Waals surface area contributed by atoms with Gasteiger partial charge in [-0.25, -0.2) is 0 Å². The Kier molecular flexibility index (Phi) is 5.85. The van der Waals surface area contributed by atoms with Crippen molar-refractivity contribution in [1.29, 1.82) is 0 Å². The molecular formula is C13H29B. The first-order chi connectivity index (χ1) is 6.29. The molecule has 0 radical (unpaired) electrons. The van der Waals surface area contributed by atoms with Gasteiger partial charge in [-0.1, -0.05) is 61.0 Å². The van der Waals surface area contributed by atoms with Gasteiger partial charge < -0.3 is 0 Å². The fourth-order valence-electron chi connectivity index (χ4n) is 2.17. The third-order valence-electron chi connectivity index (χ3n) is 4.59. The van der Waals surface area contributed by atoms with Gasteiger partial charge in [-0.2, -0.15) is 0 Å². The van der Waals surface area contributed by atoms with E-state index < -0.39 is 0 Å². The van der Waals surface area contributed by atoms with Gasteiger partial charge in [0.2, 0.25) is 0 Å². The Morgan fingerprint density at radius 3 is 1.36 bits per heavy atom. The monoisotopic (exact) mass is 196 g/mol. The minimum absolute atomic E-state index is 0.812. The molecule has 14 heavy (non-hydrogen) atoms. The molecule has 0 aromatic heterocycles. The highest BCUT2D eigenvalue weighted by Gasteiger charge is 2.27. The number of hydrogen-bond donors (Lipinski definition) is 0. The zero-order valence-electron chi connectivity index (χ0n) is 11.5. The second-order valence-electron chi connectivity index (χ2n) is 5.92. The fraction of sp³-hybridized carbons (Fsp3) is 1.00. The van der Waals surface area contributed by atoms with Gasteiger partial charge in [0.25, 0.3) is 0 Å². The summed E-state index contributed by atoms with van der Waals surface area (Å²) in [4.78, 5) is 0. The zero-order chi connectivity index (χ0) is 11.5. The van der Waals surface area contributed by atoms with E-state index in [2.05, 4.69) is 55.2 Å². The predicted molar refractivity (Wildman–Crippen MR) is 69.2 cm³/mol. The van der Waals surface area contributed by atoms with Gasteiger partial charge in [-0.3, -0.25) is 0 Å². The normalized spacial score (nSPS) is 20.4. The smallest absolute Gasteiger partial charge is 0.0861 e. The van der Waals surface area contributed by atoms with E-state index in [1.54, 1.807) is 0 Å². The minimum Gasteiger partial charge on any atom is -0.0861 e. The van der Waals surface area contributed by atoms with Crippen LogP contribution in [0.4, 0.5) is 0 Å². The second-order valence-corrected chi connectivity index (χ2v) is 5.92. The molecule has 0 aromatic carbocycles. The molecule has 4 atom stereocenters. The molecule has 0 fully saturated rings. The molecule has 0 saturated carbocycles. The fourth-order valence-corrected chi connectivity index (χ4v) is 2.17. The van der Waals surface area contributed by atoms with Crippen molar-refractivity contribution in [2.75, 3.05) is 0 Å². The Hall–Kier alpha value is 0.0649. The van der Waals surface area contributed by atoms with Crippen LogP contribution in [0.5, 0.6) is 0 Å². The average Bonchev–Trinajstić information content (AvgIpc) is 2.12. The summed E-state index contributed by atoms with van der Waals surface area (Å²) in [5.74, 6) is 4.17. The van der Waals surface area contributed by atoms with Gasteiger partial charge in [-0.15, -0.1) is 0 Å². The van der Waals surface area contributed by atoms with E-state index in [-0.39, 0.29) is 0 Å². The molecule has 4 unspecified atom stereocenters. The number of hydrogen-bond acceptors (Lipinski definition) is 0. The van der Waals surface area contributed by atoms with Crippen molar-refractivity contribution in [3.05, 3.63) is 0 Å². The summed E-state index contributed by atoms with van der Waals surface area (Å²) in [5.41, 5.74) is 0. The van der Waals surface area contributed by atoms with Crippen LogP contribution < -0.4 is 0 Å².